The van der Waals surface area contributed by atoms with Gasteiger partial charge in [0.25, 0.3) is 11.8 Å². The topological polar surface area (TPSA) is 40.6 Å². The fraction of sp³-hybridized carbons (Fsp3) is 0.412. The fourth-order valence-electron chi connectivity index (χ4n) is 3.25. The van der Waals surface area contributed by atoms with Crippen molar-refractivity contribution in [1.82, 2.24) is 4.90 Å². The number of imide groups is 1. The molecule has 2 heterocycles. The van der Waals surface area contributed by atoms with Gasteiger partial charge in [-0.05, 0) is 72.0 Å². The van der Waals surface area contributed by atoms with Crippen molar-refractivity contribution in [2.75, 3.05) is 18.0 Å². The van der Waals surface area contributed by atoms with E-state index in [0.717, 1.165) is 35.1 Å². The molecular weight excluding hydrogens is 427 g/mol. The third-order valence-corrected chi connectivity index (χ3v) is 5.39. The van der Waals surface area contributed by atoms with Crippen LogP contribution in [0, 0.1) is 16.4 Å². The number of likely N-dealkylation sites (tertiary alicyclic amines) is 1. The van der Waals surface area contributed by atoms with Gasteiger partial charge in [0.2, 0.25) is 0 Å². The van der Waals surface area contributed by atoms with Crippen molar-refractivity contribution in [3.05, 3.63) is 38.1 Å². The SMILES string of the molecule is Cc1cc(I)ccc1N1C(=O)C(Cl)=C(N2CCCC(C)C2)C1=O. The Bertz CT molecular complexity index is 717. The zero-order chi connectivity index (χ0) is 16.7. The summed E-state index contributed by atoms with van der Waals surface area (Å²) in [7, 11) is 0. The van der Waals surface area contributed by atoms with Crippen LogP contribution in [-0.4, -0.2) is 29.8 Å². The van der Waals surface area contributed by atoms with Crippen LogP contribution in [0.15, 0.2) is 28.9 Å². The Kier molecular flexibility index (Phi) is 4.69. The number of hydrogen-bond donors (Lipinski definition) is 0. The van der Waals surface area contributed by atoms with Gasteiger partial charge in [0, 0.05) is 16.7 Å². The number of halogens is 2. The summed E-state index contributed by atoms with van der Waals surface area (Å²) in [6.45, 7) is 5.59. The Morgan fingerprint density at radius 3 is 2.65 bits per heavy atom. The average Bonchev–Trinajstić information content (AvgIpc) is 2.70. The first-order valence-electron chi connectivity index (χ1n) is 7.69. The third kappa shape index (κ3) is 3.01. The standard InChI is InChI=1S/C17H18ClIN2O2/c1-10-4-3-7-20(9-10)15-14(18)16(22)21(17(15)23)13-6-5-12(19)8-11(13)2/h5-6,8,10H,3-4,7,9H2,1-2H3. The molecule has 0 aromatic heterocycles. The molecule has 4 nitrogen and oxygen atoms in total. The molecule has 0 saturated carbocycles. The fourth-order valence-corrected chi connectivity index (χ4v) is 4.18. The number of hydrogen-bond acceptors (Lipinski definition) is 3. The lowest BCUT2D eigenvalue weighted by molar-refractivity contribution is -0.121. The van der Waals surface area contributed by atoms with E-state index < -0.39 is 5.91 Å². The molecule has 0 N–H and O–H groups in total. The van der Waals surface area contributed by atoms with Crippen LogP contribution in [0.5, 0.6) is 0 Å². The van der Waals surface area contributed by atoms with Gasteiger partial charge in [0.1, 0.15) is 10.7 Å². The second-order valence-corrected chi connectivity index (χ2v) is 7.86. The number of benzene rings is 1. The number of rotatable bonds is 2. The Morgan fingerprint density at radius 2 is 2.00 bits per heavy atom. The average molecular weight is 445 g/mol. The molecule has 2 aliphatic heterocycles. The van der Waals surface area contributed by atoms with Crippen LogP contribution in [0.3, 0.4) is 0 Å². The van der Waals surface area contributed by atoms with Gasteiger partial charge in [0.05, 0.1) is 5.69 Å². The molecule has 1 aromatic carbocycles. The second kappa shape index (κ2) is 6.43. The summed E-state index contributed by atoms with van der Waals surface area (Å²) in [6.07, 6.45) is 2.16. The highest BCUT2D eigenvalue weighted by Gasteiger charge is 2.42. The lowest BCUT2D eigenvalue weighted by Gasteiger charge is -2.33. The summed E-state index contributed by atoms with van der Waals surface area (Å²) < 4.78 is 1.06. The zero-order valence-corrected chi connectivity index (χ0v) is 16.0. The minimum Gasteiger partial charge on any atom is -0.365 e. The van der Waals surface area contributed by atoms with Gasteiger partial charge in [-0.2, -0.15) is 0 Å². The minimum atomic E-state index is -0.422. The second-order valence-electron chi connectivity index (χ2n) is 6.23. The number of nitrogens with zero attached hydrogens (tertiary/aromatic N) is 2. The summed E-state index contributed by atoms with van der Waals surface area (Å²) >= 11 is 8.47. The van der Waals surface area contributed by atoms with E-state index in [0.29, 0.717) is 17.3 Å². The molecular formula is C17H18ClIN2O2. The largest absolute Gasteiger partial charge is 0.365 e. The van der Waals surface area contributed by atoms with Crippen LogP contribution in [0.25, 0.3) is 0 Å². The maximum Gasteiger partial charge on any atom is 0.283 e. The molecule has 1 unspecified atom stereocenters. The first-order valence-corrected chi connectivity index (χ1v) is 9.15. The Morgan fingerprint density at radius 1 is 1.26 bits per heavy atom. The van der Waals surface area contributed by atoms with Crippen molar-refractivity contribution in [3.8, 4) is 0 Å². The van der Waals surface area contributed by atoms with E-state index in [2.05, 4.69) is 29.5 Å². The summed E-state index contributed by atoms with van der Waals surface area (Å²) in [6, 6.07) is 5.64. The summed E-state index contributed by atoms with van der Waals surface area (Å²) in [4.78, 5) is 28.6. The Labute approximate surface area is 154 Å². The van der Waals surface area contributed by atoms with Gasteiger partial charge in [-0.25, -0.2) is 4.90 Å². The van der Waals surface area contributed by atoms with E-state index in [4.69, 9.17) is 11.6 Å². The van der Waals surface area contributed by atoms with Gasteiger partial charge in [-0.3, -0.25) is 9.59 Å². The zero-order valence-electron chi connectivity index (χ0n) is 13.1. The number of aryl methyl sites for hydroxylation is 1. The molecule has 1 saturated heterocycles. The molecule has 2 aliphatic rings. The van der Waals surface area contributed by atoms with Gasteiger partial charge >= 0.3 is 0 Å². The first-order chi connectivity index (χ1) is 10.9. The molecule has 1 aromatic rings. The van der Waals surface area contributed by atoms with Crippen LogP contribution < -0.4 is 4.90 Å². The van der Waals surface area contributed by atoms with Gasteiger partial charge in [-0.15, -0.1) is 0 Å². The van der Waals surface area contributed by atoms with Crippen molar-refractivity contribution in [2.24, 2.45) is 5.92 Å². The smallest absolute Gasteiger partial charge is 0.283 e. The highest BCUT2D eigenvalue weighted by Crippen LogP contribution is 2.34. The van der Waals surface area contributed by atoms with E-state index in [1.165, 1.54) is 4.90 Å². The van der Waals surface area contributed by atoms with Crippen LogP contribution in [0.2, 0.25) is 0 Å². The van der Waals surface area contributed by atoms with Gasteiger partial charge in [0.15, 0.2) is 0 Å². The van der Waals surface area contributed by atoms with Gasteiger partial charge < -0.3 is 4.90 Å². The lowest BCUT2D eigenvalue weighted by atomic mass is 10.00. The normalized spacial score (nSPS) is 22.3. The molecule has 0 radical (unpaired) electrons. The van der Waals surface area contributed by atoms with Crippen molar-refractivity contribution in [3.63, 3.8) is 0 Å². The lowest BCUT2D eigenvalue weighted by Crippen LogP contribution is -2.39. The molecule has 1 atom stereocenters. The van der Waals surface area contributed by atoms with E-state index >= 15 is 0 Å². The molecule has 6 heteroatoms. The molecule has 0 aliphatic carbocycles. The van der Waals surface area contributed by atoms with Gasteiger partial charge in [-0.1, -0.05) is 18.5 Å². The van der Waals surface area contributed by atoms with Crippen LogP contribution in [0.4, 0.5) is 5.69 Å². The highest BCUT2D eigenvalue weighted by molar-refractivity contribution is 14.1. The first kappa shape index (κ1) is 16.8. The van der Waals surface area contributed by atoms with E-state index in [1.807, 2.05) is 24.0 Å². The van der Waals surface area contributed by atoms with Crippen molar-refractivity contribution in [2.45, 2.75) is 26.7 Å². The molecule has 3 rings (SSSR count). The monoisotopic (exact) mass is 444 g/mol. The van der Waals surface area contributed by atoms with Crippen LogP contribution >= 0.6 is 34.2 Å². The number of carbonyl (C=O) groups excluding carboxylic acids is 2. The minimum absolute atomic E-state index is 0.0436. The highest BCUT2D eigenvalue weighted by atomic mass is 127. The van der Waals surface area contributed by atoms with Crippen LogP contribution in [-0.2, 0) is 9.59 Å². The summed E-state index contributed by atoms with van der Waals surface area (Å²) in [5.41, 5.74) is 1.86. The number of anilines is 1. The van der Waals surface area contributed by atoms with Crippen LogP contribution in [0.1, 0.15) is 25.3 Å². The number of piperidine rings is 1. The van der Waals surface area contributed by atoms with Crippen molar-refractivity contribution in [1.29, 1.82) is 0 Å². The number of amides is 2. The van der Waals surface area contributed by atoms with E-state index in [9.17, 15) is 9.59 Å². The number of carbonyl (C=O) groups is 2. The molecule has 0 spiro atoms. The van der Waals surface area contributed by atoms with E-state index in [1.54, 1.807) is 6.07 Å². The molecule has 2 amide bonds. The Hall–Kier alpha value is -1.08. The maximum absolute atomic E-state index is 12.9. The third-order valence-electron chi connectivity index (χ3n) is 4.38. The predicted octanol–water partition coefficient (Wildman–Crippen LogP) is 3.66. The summed E-state index contributed by atoms with van der Waals surface area (Å²) in [5.74, 6) is -0.231. The summed E-state index contributed by atoms with van der Waals surface area (Å²) in [5, 5.41) is 0.0436. The molecule has 23 heavy (non-hydrogen) atoms. The quantitative estimate of drug-likeness (QED) is 0.516. The van der Waals surface area contributed by atoms with Crippen molar-refractivity contribution < 1.29 is 9.59 Å². The predicted molar refractivity (Wildman–Crippen MR) is 99.2 cm³/mol. The molecule has 1 fully saturated rings. The Balaban J connectivity index is 1.95. The molecule has 122 valence electrons. The van der Waals surface area contributed by atoms with E-state index in [-0.39, 0.29) is 10.9 Å². The molecule has 0 bridgehead atoms. The maximum atomic E-state index is 12.9. The van der Waals surface area contributed by atoms with Crippen molar-refractivity contribution >= 4 is 51.7 Å².